The Bertz CT molecular complexity index is 563. The number of aromatic nitrogens is 2. The first kappa shape index (κ1) is 14.1. The van der Waals surface area contributed by atoms with Crippen LogP contribution in [-0.4, -0.2) is 24.1 Å². The predicted molar refractivity (Wildman–Crippen MR) is 84.5 cm³/mol. The van der Waals surface area contributed by atoms with E-state index in [2.05, 4.69) is 39.2 Å². The van der Waals surface area contributed by atoms with E-state index in [-0.39, 0.29) is 0 Å². The molecule has 0 unspecified atom stereocenters. The summed E-state index contributed by atoms with van der Waals surface area (Å²) < 4.78 is 0. The smallest absolute Gasteiger partial charge is 0.136 e. The van der Waals surface area contributed by atoms with Crippen molar-refractivity contribution < 1.29 is 0 Å². The van der Waals surface area contributed by atoms with Gasteiger partial charge in [-0.05, 0) is 30.7 Å². The largest absolute Gasteiger partial charge is 0.384 e. The minimum atomic E-state index is 0.496. The van der Waals surface area contributed by atoms with Crippen molar-refractivity contribution in [3.05, 3.63) is 36.2 Å². The molecule has 0 fully saturated rings. The first-order chi connectivity index (χ1) is 9.58. The summed E-state index contributed by atoms with van der Waals surface area (Å²) in [5.74, 6) is 2.01. The topological polar surface area (TPSA) is 67.1 Å². The van der Waals surface area contributed by atoms with Gasteiger partial charge in [0.25, 0.3) is 0 Å². The highest BCUT2D eigenvalue weighted by atomic mass is 15.1. The molecule has 2 rings (SSSR count). The van der Waals surface area contributed by atoms with E-state index in [0.717, 1.165) is 35.9 Å². The summed E-state index contributed by atoms with van der Waals surface area (Å²) in [6, 6.07) is 9.90. The molecular formula is C15H21N5. The number of nitrogen functional groups attached to an aromatic ring is 1. The lowest BCUT2D eigenvalue weighted by atomic mass is 10.2. The van der Waals surface area contributed by atoms with Crippen molar-refractivity contribution in [1.82, 2.24) is 9.97 Å². The number of rotatable bonds is 5. The quantitative estimate of drug-likeness (QED) is 0.875. The minimum absolute atomic E-state index is 0.496. The van der Waals surface area contributed by atoms with Crippen molar-refractivity contribution in [2.24, 2.45) is 0 Å². The number of nitrogens with one attached hydrogen (secondary N) is 1. The van der Waals surface area contributed by atoms with Crippen molar-refractivity contribution in [3.63, 3.8) is 0 Å². The molecule has 1 aromatic heterocycles. The van der Waals surface area contributed by atoms with Crippen LogP contribution in [0.1, 0.15) is 19.2 Å². The highest BCUT2D eigenvalue weighted by Gasteiger charge is 2.03. The Morgan fingerprint density at radius 3 is 2.45 bits per heavy atom. The van der Waals surface area contributed by atoms with Gasteiger partial charge in [-0.2, -0.15) is 0 Å². The Morgan fingerprint density at radius 1 is 1.15 bits per heavy atom. The predicted octanol–water partition coefficient (Wildman–Crippen LogP) is 2.82. The van der Waals surface area contributed by atoms with Gasteiger partial charge in [0.15, 0.2) is 0 Å². The second-order valence-electron chi connectivity index (χ2n) is 4.91. The lowest BCUT2D eigenvalue weighted by molar-refractivity contribution is 0.839. The van der Waals surface area contributed by atoms with Gasteiger partial charge in [-0.1, -0.05) is 6.92 Å². The molecule has 0 saturated heterocycles. The van der Waals surface area contributed by atoms with E-state index in [0.29, 0.717) is 5.82 Å². The molecule has 0 bridgehead atoms. The van der Waals surface area contributed by atoms with Crippen LogP contribution in [0.5, 0.6) is 0 Å². The Kier molecular flexibility index (Phi) is 4.40. The Morgan fingerprint density at radius 2 is 1.85 bits per heavy atom. The van der Waals surface area contributed by atoms with Crippen LogP contribution in [0.2, 0.25) is 0 Å². The van der Waals surface area contributed by atoms with Crippen LogP contribution >= 0.6 is 0 Å². The molecule has 1 aromatic carbocycles. The Hall–Kier alpha value is -2.30. The summed E-state index contributed by atoms with van der Waals surface area (Å²) in [7, 11) is 4.04. The van der Waals surface area contributed by atoms with E-state index in [1.54, 1.807) is 6.07 Å². The third-order valence-corrected chi connectivity index (χ3v) is 2.92. The molecule has 0 saturated carbocycles. The number of hydrogen-bond acceptors (Lipinski definition) is 5. The van der Waals surface area contributed by atoms with Gasteiger partial charge in [-0.3, -0.25) is 0 Å². The van der Waals surface area contributed by atoms with Crippen molar-refractivity contribution in [2.75, 3.05) is 30.0 Å². The van der Waals surface area contributed by atoms with Gasteiger partial charge < -0.3 is 16.0 Å². The van der Waals surface area contributed by atoms with E-state index in [9.17, 15) is 0 Å². The molecule has 0 radical (unpaired) electrons. The average Bonchev–Trinajstić information content (AvgIpc) is 2.39. The van der Waals surface area contributed by atoms with Gasteiger partial charge in [0.1, 0.15) is 17.5 Å². The molecule has 0 atom stereocenters. The molecule has 3 N–H and O–H groups in total. The fraction of sp³-hybridized carbons (Fsp3) is 0.333. The third-order valence-electron chi connectivity index (χ3n) is 2.92. The summed E-state index contributed by atoms with van der Waals surface area (Å²) in [5, 5.41) is 3.26. The second-order valence-corrected chi connectivity index (χ2v) is 4.91. The molecule has 0 amide bonds. The first-order valence-corrected chi connectivity index (χ1v) is 6.76. The van der Waals surface area contributed by atoms with Gasteiger partial charge in [-0.15, -0.1) is 0 Å². The summed E-state index contributed by atoms with van der Waals surface area (Å²) in [4.78, 5) is 10.7. The van der Waals surface area contributed by atoms with Crippen LogP contribution in [-0.2, 0) is 6.42 Å². The van der Waals surface area contributed by atoms with E-state index in [1.165, 1.54) is 0 Å². The summed E-state index contributed by atoms with van der Waals surface area (Å²) >= 11 is 0. The molecule has 0 aliphatic carbocycles. The van der Waals surface area contributed by atoms with Crippen LogP contribution < -0.4 is 16.0 Å². The molecule has 1 heterocycles. The number of nitrogens with zero attached hydrogens (tertiary/aromatic N) is 3. The maximum absolute atomic E-state index is 5.81. The zero-order valence-electron chi connectivity index (χ0n) is 12.2. The van der Waals surface area contributed by atoms with Crippen LogP contribution in [0.3, 0.4) is 0 Å². The maximum Gasteiger partial charge on any atom is 0.136 e. The van der Waals surface area contributed by atoms with Gasteiger partial charge in [0.2, 0.25) is 0 Å². The van der Waals surface area contributed by atoms with E-state index in [1.807, 2.05) is 26.2 Å². The summed E-state index contributed by atoms with van der Waals surface area (Å²) in [6.45, 7) is 2.10. The van der Waals surface area contributed by atoms with E-state index >= 15 is 0 Å². The highest BCUT2D eigenvalue weighted by Crippen LogP contribution is 2.20. The minimum Gasteiger partial charge on any atom is -0.384 e. The third kappa shape index (κ3) is 3.60. The van der Waals surface area contributed by atoms with Crippen LogP contribution in [0.4, 0.5) is 23.0 Å². The van der Waals surface area contributed by atoms with Crippen molar-refractivity contribution in [1.29, 1.82) is 0 Å². The van der Waals surface area contributed by atoms with Gasteiger partial charge >= 0.3 is 0 Å². The summed E-state index contributed by atoms with van der Waals surface area (Å²) in [5.41, 5.74) is 7.95. The number of nitrogens with two attached hydrogens (primary N) is 1. The molecule has 20 heavy (non-hydrogen) atoms. The molecule has 0 aliphatic rings. The van der Waals surface area contributed by atoms with Gasteiger partial charge in [0, 0.05) is 38.0 Å². The molecule has 2 aromatic rings. The Labute approximate surface area is 119 Å². The zero-order valence-corrected chi connectivity index (χ0v) is 12.2. The number of aryl methyl sites for hydroxylation is 1. The lowest BCUT2D eigenvalue weighted by Gasteiger charge is -2.13. The van der Waals surface area contributed by atoms with Gasteiger partial charge in [-0.25, -0.2) is 9.97 Å². The highest BCUT2D eigenvalue weighted by molar-refractivity contribution is 5.61. The van der Waals surface area contributed by atoms with Crippen LogP contribution in [0, 0.1) is 0 Å². The normalized spacial score (nSPS) is 10.3. The standard InChI is InChI=1S/C15H21N5/c1-4-5-14-18-13(16)10-15(19-14)17-11-6-8-12(9-7-11)20(2)3/h6-10H,4-5H2,1-3H3,(H3,16,17,18,19). The lowest BCUT2D eigenvalue weighted by Crippen LogP contribution is -2.08. The van der Waals surface area contributed by atoms with Crippen molar-refractivity contribution in [2.45, 2.75) is 19.8 Å². The molecule has 106 valence electrons. The monoisotopic (exact) mass is 271 g/mol. The number of hydrogen-bond donors (Lipinski definition) is 2. The first-order valence-electron chi connectivity index (χ1n) is 6.76. The molecular weight excluding hydrogens is 250 g/mol. The van der Waals surface area contributed by atoms with Crippen molar-refractivity contribution >= 4 is 23.0 Å². The van der Waals surface area contributed by atoms with E-state index < -0.39 is 0 Å². The molecule has 0 aliphatic heterocycles. The number of benzene rings is 1. The fourth-order valence-electron chi connectivity index (χ4n) is 1.91. The van der Waals surface area contributed by atoms with Crippen molar-refractivity contribution in [3.8, 4) is 0 Å². The van der Waals surface area contributed by atoms with Gasteiger partial charge in [0.05, 0.1) is 0 Å². The van der Waals surface area contributed by atoms with Crippen LogP contribution in [0.25, 0.3) is 0 Å². The second kappa shape index (κ2) is 6.23. The number of anilines is 4. The van der Waals surface area contributed by atoms with E-state index in [4.69, 9.17) is 5.73 Å². The van der Waals surface area contributed by atoms with Crippen LogP contribution in [0.15, 0.2) is 30.3 Å². The summed E-state index contributed by atoms with van der Waals surface area (Å²) in [6.07, 6.45) is 1.83. The molecule has 5 heteroatoms. The molecule has 0 spiro atoms. The Balaban J connectivity index is 2.16. The average molecular weight is 271 g/mol. The fourth-order valence-corrected chi connectivity index (χ4v) is 1.91. The maximum atomic E-state index is 5.81. The zero-order chi connectivity index (χ0) is 14.5. The molecule has 5 nitrogen and oxygen atoms in total. The SMILES string of the molecule is CCCc1nc(N)cc(Nc2ccc(N(C)C)cc2)n1.